The highest BCUT2D eigenvalue weighted by Gasteiger charge is 2.25. The van der Waals surface area contributed by atoms with Gasteiger partial charge >= 0.3 is 0 Å². The van der Waals surface area contributed by atoms with E-state index in [2.05, 4.69) is 18.1 Å². The highest BCUT2D eigenvalue weighted by molar-refractivity contribution is 4.81. The largest absolute Gasteiger partial charge is 0.300 e. The van der Waals surface area contributed by atoms with Crippen LogP contribution in [0.4, 0.5) is 0 Å². The van der Waals surface area contributed by atoms with E-state index in [1.807, 2.05) is 0 Å². The van der Waals surface area contributed by atoms with E-state index < -0.39 is 0 Å². The topological polar surface area (TPSA) is 3.24 Å². The Morgan fingerprint density at radius 3 is 1.83 bits per heavy atom. The van der Waals surface area contributed by atoms with Crippen molar-refractivity contribution in [2.45, 2.75) is 44.6 Å². The van der Waals surface area contributed by atoms with Crippen LogP contribution in [0.2, 0.25) is 0 Å². The fraction of sp³-hybridized carbons (Fsp3) is 0.818. The summed E-state index contributed by atoms with van der Waals surface area (Å²) in [6.45, 7) is 8.79. The number of rotatable bonds is 1. The minimum atomic E-state index is 1.00. The smallest absolute Gasteiger partial charge is 0.00952 e. The Labute approximate surface area is 76.5 Å². The van der Waals surface area contributed by atoms with Gasteiger partial charge in [0, 0.05) is 6.04 Å². The zero-order valence-electron chi connectivity index (χ0n) is 8.10. The predicted octanol–water partition coefficient (Wildman–Crippen LogP) is 2.83. The number of hydrogen-bond donors (Lipinski definition) is 0. The van der Waals surface area contributed by atoms with Crippen molar-refractivity contribution < 1.29 is 0 Å². The minimum absolute atomic E-state index is 1.00. The molecule has 0 radical (unpaired) electrons. The second kappa shape index (κ2) is 5.36. The molecule has 1 heterocycles. The van der Waals surface area contributed by atoms with E-state index in [-0.39, 0.29) is 0 Å². The second-order valence-corrected chi connectivity index (χ2v) is 3.68. The van der Waals surface area contributed by atoms with Gasteiger partial charge in [-0.05, 0) is 38.8 Å². The van der Waals surface area contributed by atoms with E-state index in [1.165, 1.54) is 51.6 Å². The van der Waals surface area contributed by atoms with Gasteiger partial charge in [-0.25, -0.2) is 0 Å². The van der Waals surface area contributed by atoms with Crippen molar-refractivity contribution >= 4 is 0 Å². The van der Waals surface area contributed by atoms with Crippen LogP contribution in [0.25, 0.3) is 0 Å². The lowest BCUT2D eigenvalue weighted by Gasteiger charge is -2.39. The molecule has 0 aromatic heterocycles. The zero-order valence-corrected chi connectivity index (χ0v) is 8.10. The third-order valence-corrected chi connectivity index (χ3v) is 2.98. The van der Waals surface area contributed by atoms with E-state index in [9.17, 15) is 0 Å². The summed E-state index contributed by atoms with van der Waals surface area (Å²) in [6.07, 6.45) is 8.84. The van der Waals surface area contributed by atoms with Gasteiger partial charge in [0.2, 0.25) is 0 Å². The molecule has 0 atom stereocenters. The van der Waals surface area contributed by atoms with Crippen LogP contribution in [0.3, 0.4) is 0 Å². The van der Waals surface area contributed by atoms with Crippen molar-refractivity contribution in [1.29, 1.82) is 0 Å². The molecular formula is C11H21N. The maximum absolute atomic E-state index is 3.00. The Bertz CT molecular complexity index is 112. The van der Waals surface area contributed by atoms with Gasteiger partial charge in [-0.15, -0.1) is 13.2 Å². The molecule has 0 amide bonds. The average Bonchev–Trinajstić information content (AvgIpc) is 2.07. The molecule has 12 heavy (non-hydrogen) atoms. The molecule has 1 aliphatic carbocycles. The highest BCUT2D eigenvalue weighted by atomic mass is 15.2. The molecule has 1 heteroatoms. The minimum Gasteiger partial charge on any atom is -0.300 e. The van der Waals surface area contributed by atoms with Crippen molar-refractivity contribution in [3.05, 3.63) is 13.2 Å². The summed E-state index contributed by atoms with van der Waals surface area (Å²) in [6, 6.07) is 1.00. The van der Waals surface area contributed by atoms with Crippen molar-refractivity contribution in [3.8, 4) is 0 Å². The van der Waals surface area contributed by atoms with Gasteiger partial charge in [-0.2, -0.15) is 0 Å². The molecule has 2 rings (SSSR count). The number of likely N-dealkylation sites (tertiary alicyclic amines) is 1. The second-order valence-electron chi connectivity index (χ2n) is 3.68. The van der Waals surface area contributed by atoms with Crippen LogP contribution in [0.1, 0.15) is 38.5 Å². The Morgan fingerprint density at radius 1 is 0.833 bits per heavy atom. The fourth-order valence-electron chi connectivity index (χ4n) is 2.04. The standard InChI is InChI=1S/C9H17N.C2H4/c1-2-7-10(8-3-1)9-5-4-6-9;1-2/h9H,1-8H2;1-2H2. The van der Waals surface area contributed by atoms with Crippen molar-refractivity contribution in [2.75, 3.05) is 13.1 Å². The van der Waals surface area contributed by atoms with Crippen LogP contribution in [0, 0.1) is 0 Å². The third kappa shape index (κ3) is 2.34. The number of hydrogen-bond acceptors (Lipinski definition) is 1. The van der Waals surface area contributed by atoms with Gasteiger partial charge in [-0.3, -0.25) is 0 Å². The lowest BCUT2D eigenvalue weighted by molar-refractivity contribution is 0.105. The molecule has 1 saturated heterocycles. The predicted molar refractivity (Wildman–Crippen MR) is 54.3 cm³/mol. The van der Waals surface area contributed by atoms with E-state index in [4.69, 9.17) is 0 Å². The molecular weight excluding hydrogens is 146 g/mol. The quantitative estimate of drug-likeness (QED) is 0.543. The fourth-order valence-corrected chi connectivity index (χ4v) is 2.04. The summed E-state index contributed by atoms with van der Waals surface area (Å²) in [5, 5.41) is 0. The first-order valence-electron chi connectivity index (χ1n) is 5.21. The van der Waals surface area contributed by atoms with E-state index in [0.29, 0.717) is 0 Å². The summed E-state index contributed by atoms with van der Waals surface area (Å²) in [7, 11) is 0. The molecule has 0 spiro atoms. The molecule has 0 N–H and O–H groups in total. The van der Waals surface area contributed by atoms with Gasteiger partial charge in [0.25, 0.3) is 0 Å². The van der Waals surface area contributed by atoms with Crippen LogP contribution in [-0.2, 0) is 0 Å². The Balaban J connectivity index is 0.000000336. The van der Waals surface area contributed by atoms with Crippen molar-refractivity contribution in [2.24, 2.45) is 0 Å². The summed E-state index contributed by atoms with van der Waals surface area (Å²) < 4.78 is 0. The van der Waals surface area contributed by atoms with E-state index in [1.54, 1.807) is 0 Å². The molecule has 70 valence electrons. The molecule has 1 saturated carbocycles. The third-order valence-electron chi connectivity index (χ3n) is 2.98. The van der Waals surface area contributed by atoms with Crippen molar-refractivity contribution in [3.63, 3.8) is 0 Å². The number of piperidine rings is 1. The van der Waals surface area contributed by atoms with Crippen molar-refractivity contribution in [1.82, 2.24) is 4.90 Å². The van der Waals surface area contributed by atoms with E-state index >= 15 is 0 Å². The Morgan fingerprint density at radius 2 is 1.42 bits per heavy atom. The maximum atomic E-state index is 3.00. The lowest BCUT2D eigenvalue weighted by Crippen LogP contribution is -2.42. The molecule has 2 fully saturated rings. The van der Waals surface area contributed by atoms with E-state index in [0.717, 1.165) is 6.04 Å². The first kappa shape index (κ1) is 9.79. The molecule has 0 unspecified atom stereocenters. The van der Waals surface area contributed by atoms with Crippen LogP contribution < -0.4 is 0 Å². The van der Waals surface area contributed by atoms with Crippen LogP contribution in [0.5, 0.6) is 0 Å². The lowest BCUT2D eigenvalue weighted by atomic mass is 9.90. The SMILES string of the molecule is C1CCN(C2CCC2)CC1.C=C. The first-order chi connectivity index (χ1) is 5.97. The monoisotopic (exact) mass is 167 g/mol. The van der Waals surface area contributed by atoms with Gasteiger partial charge in [0.05, 0.1) is 0 Å². The summed E-state index contributed by atoms with van der Waals surface area (Å²) in [5.41, 5.74) is 0. The normalized spacial score (nSPS) is 25.3. The Hall–Kier alpha value is -0.300. The summed E-state index contributed by atoms with van der Waals surface area (Å²) in [5.74, 6) is 0. The van der Waals surface area contributed by atoms with Gasteiger partial charge in [0.15, 0.2) is 0 Å². The molecule has 0 aromatic carbocycles. The first-order valence-corrected chi connectivity index (χ1v) is 5.21. The number of nitrogens with zero attached hydrogens (tertiary/aromatic N) is 1. The van der Waals surface area contributed by atoms with Crippen LogP contribution in [0.15, 0.2) is 13.2 Å². The van der Waals surface area contributed by atoms with Gasteiger partial charge in [-0.1, -0.05) is 12.8 Å². The molecule has 1 aliphatic heterocycles. The van der Waals surface area contributed by atoms with Crippen LogP contribution >= 0.6 is 0 Å². The molecule has 0 aromatic rings. The summed E-state index contributed by atoms with van der Waals surface area (Å²) >= 11 is 0. The zero-order chi connectivity index (χ0) is 8.81. The summed E-state index contributed by atoms with van der Waals surface area (Å²) in [4.78, 5) is 2.70. The highest BCUT2D eigenvalue weighted by Crippen LogP contribution is 2.26. The maximum Gasteiger partial charge on any atom is 0.00952 e. The van der Waals surface area contributed by atoms with Gasteiger partial charge < -0.3 is 4.90 Å². The molecule has 0 bridgehead atoms. The molecule has 2 aliphatic rings. The average molecular weight is 167 g/mol. The Kier molecular flexibility index (Phi) is 4.37. The van der Waals surface area contributed by atoms with Gasteiger partial charge in [0.1, 0.15) is 0 Å². The molecule has 1 nitrogen and oxygen atoms in total. The van der Waals surface area contributed by atoms with Crippen LogP contribution in [-0.4, -0.2) is 24.0 Å².